The SMILES string of the molecule is Cc1cc(S(=O)(=O)Nc2ccncn2)c(F)cc1O[C@]1(C)C2CCC(F)(F)C[C@H]2[C@@H]1c1ccn[nH]1. The van der Waals surface area contributed by atoms with Gasteiger partial charge in [0.1, 0.15) is 34.2 Å². The summed E-state index contributed by atoms with van der Waals surface area (Å²) in [7, 11) is -4.26. The minimum absolute atomic E-state index is 0.00176. The van der Waals surface area contributed by atoms with Crippen molar-refractivity contribution in [3.63, 3.8) is 0 Å². The standard InChI is InChI=1S/C23H24F3N5O3S/c1-13-9-19(35(32,33)31-20-5-7-27-12-28-20)16(24)10-18(13)34-22(2)15-3-6-23(25,26)11-14(15)21(22)17-4-8-29-30-17/h4-5,7-10,12,14-15,21H,3,6,11H2,1-2H3,(H,29,30)(H,27,28,31)/t14-,15?,21-,22-/m1/s1. The molecule has 0 aliphatic heterocycles. The molecule has 2 fully saturated rings. The highest BCUT2D eigenvalue weighted by Crippen LogP contribution is 2.64. The number of alkyl halides is 2. The summed E-state index contributed by atoms with van der Waals surface area (Å²) in [6.45, 7) is 3.44. The number of sulfonamides is 1. The molecule has 0 bridgehead atoms. The predicted molar refractivity (Wildman–Crippen MR) is 120 cm³/mol. The third-order valence-electron chi connectivity index (χ3n) is 7.18. The molecule has 0 saturated heterocycles. The first-order valence-corrected chi connectivity index (χ1v) is 12.6. The van der Waals surface area contributed by atoms with Gasteiger partial charge in [-0.25, -0.2) is 31.6 Å². The van der Waals surface area contributed by atoms with E-state index in [2.05, 4.69) is 24.9 Å². The van der Waals surface area contributed by atoms with Crippen LogP contribution in [0.4, 0.5) is 19.0 Å². The van der Waals surface area contributed by atoms with Crippen LogP contribution in [0.2, 0.25) is 0 Å². The van der Waals surface area contributed by atoms with E-state index in [1.54, 1.807) is 19.2 Å². The van der Waals surface area contributed by atoms with Crippen molar-refractivity contribution in [2.45, 2.75) is 55.4 Å². The zero-order valence-electron chi connectivity index (χ0n) is 19.0. The molecule has 12 heteroatoms. The fraction of sp³-hybridized carbons (Fsp3) is 0.435. The second-order valence-corrected chi connectivity index (χ2v) is 11.0. The number of benzene rings is 1. The van der Waals surface area contributed by atoms with Crippen molar-refractivity contribution in [1.82, 2.24) is 20.2 Å². The van der Waals surface area contributed by atoms with Gasteiger partial charge in [-0.05, 0) is 49.9 Å². The number of aromatic amines is 1. The number of rotatable bonds is 6. The van der Waals surface area contributed by atoms with Gasteiger partial charge >= 0.3 is 0 Å². The quantitative estimate of drug-likeness (QED) is 0.511. The molecule has 4 atom stereocenters. The molecule has 2 aliphatic carbocycles. The Labute approximate surface area is 200 Å². The molecule has 1 unspecified atom stereocenters. The maximum Gasteiger partial charge on any atom is 0.265 e. The van der Waals surface area contributed by atoms with Crippen LogP contribution in [-0.2, 0) is 10.0 Å². The Hall–Kier alpha value is -3.15. The molecule has 1 aromatic carbocycles. The van der Waals surface area contributed by atoms with Gasteiger partial charge in [0.05, 0.1) is 0 Å². The Kier molecular flexibility index (Phi) is 5.53. The molecule has 3 aromatic rings. The van der Waals surface area contributed by atoms with Crippen LogP contribution >= 0.6 is 0 Å². The lowest BCUT2D eigenvalue weighted by Crippen LogP contribution is -2.65. The zero-order chi connectivity index (χ0) is 25.0. The largest absolute Gasteiger partial charge is 0.486 e. The third kappa shape index (κ3) is 4.13. The molecule has 35 heavy (non-hydrogen) atoms. The molecule has 0 radical (unpaired) electrons. The summed E-state index contributed by atoms with van der Waals surface area (Å²) in [4.78, 5) is 6.96. The maximum absolute atomic E-state index is 15.1. The van der Waals surface area contributed by atoms with E-state index < -0.39 is 38.2 Å². The van der Waals surface area contributed by atoms with E-state index >= 15 is 4.39 Å². The van der Waals surface area contributed by atoms with Crippen LogP contribution in [0, 0.1) is 24.6 Å². The van der Waals surface area contributed by atoms with Crippen LogP contribution in [0.15, 0.2) is 47.9 Å². The molecule has 186 valence electrons. The topological polar surface area (TPSA) is 110 Å². The van der Waals surface area contributed by atoms with E-state index in [4.69, 9.17) is 4.74 Å². The summed E-state index contributed by atoms with van der Waals surface area (Å²) in [5.74, 6) is -4.46. The van der Waals surface area contributed by atoms with Crippen molar-refractivity contribution in [3.8, 4) is 5.75 Å². The van der Waals surface area contributed by atoms with Crippen LogP contribution in [0.3, 0.4) is 0 Å². The van der Waals surface area contributed by atoms with Gasteiger partial charge in [0.15, 0.2) is 0 Å². The van der Waals surface area contributed by atoms with E-state index in [0.29, 0.717) is 11.3 Å². The van der Waals surface area contributed by atoms with Gasteiger partial charge in [-0.1, -0.05) is 0 Å². The van der Waals surface area contributed by atoms with E-state index in [0.717, 1.165) is 6.07 Å². The second-order valence-electron chi connectivity index (χ2n) is 9.39. The lowest BCUT2D eigenvalue weighted by atomic mass is 9.48. The summed E-state index contributed by atoms with van der Waals surface area (Å²) < 4.78 is 77.6. The monoisotopic (exact) mass is 507 g/mol. The molecule has 8 nitrogen and oxygen atoms in total. The first-order chi connectivity index (χ1) is 16.5. The highest BCUT2D eigenvalue weighted by atomic mass is 32.2. The maximum atomic E-state index is 15.1. The van der Waals surface area contributed by atoms with Crippen molar-refractivity contribution in [2.24, 2.45) is 11.8 Å². The smallest absolute Gasteiger partial charge is 0.265 e. The van der Waals surface area contributed by atoms with E-state index in [-0.39, 0.29) is 42.7 Å². The normalized spacial score (nSPS) is 27.5. The van der Waals surface area contributed by atoms with Gasteiger partial charge < -0.3 is 4.74 Å². The third-order valence-corrected chi connectivity index (χ3v) is 8.55. The van der Waals surface area contributed by atoms with Gasteiger partial charge in [0.2, 0.25) is 5.92 Å². The van der Waals surface area contributed by atoms with Gasteiger partial charge in [-0.15, -0.1) is 0 Å². The molecule has 0 amide bonds. The summed E-state index contributed by atoms with van der Waals surface area (Å²) >= 11 is 0. The lowest BCUT2D eigenvalue weighted by Gasteiger charge is -2.61. The van der Waals surface area contributed by atoms with Crippen molar-refractivity contribution in [3.05, 3.63) is 60.1 Å². The number of halogens is 3. The van der Waals surface area contributed by atoms with Crippen LogP contribution < -0.4 is 9.46 Å². The fourth-order valence-electron chi connectivity index (χ4n) is 5.62. The average Bonchev–Trinajstić information content (AvgIpc) is 3.29. The van der Waals surface area contributed by atoms with Gasteiger partial charge in [0.25, 0.3) is 10.0 Å². The Bertz CT molecular complexity index is 1340. The molecule has 2 saturated carbocycles. The lowest BCUT2D eigenvalue weighted by molar-refractivity contribution is -0.196. The molecule has 5 rings (SSSR count). The van der Waals surface area contributed by atoms with Crippen LogP contribution in [-0.4, -0.2) is 40.1 Å². The number of H-pyrrole nitrogens is 1. The number of hydrogen-bond donors (Lipinski definition) is 2. The number of nitrogens with one attached hydrogen (secondary N) is 2. The second kappa shape index (κ2) is 8.21. The number of aromatic nitrogens is 4. The molecule has 2 aromatic heterocycles. The minimum atomic E-state index is -4.26. The average molecular weight is 508 g/mol. The number of anilines is 1. The summed E-state index contributed by atoms with van der Waals surface area (Å²) in [5.41, 5.74) is 0.172. The first kappa shape index (κ1) is 23.6. The number of hydrogen-bond acceptors (Lipinski definition) is 6. The summed E-state index contributed by atoms with van der Waals surface area (Å²) in [6, 6.07) is 5.30. The number of nitrogens with zero attached hydrogens (tertiary/aromatic N) is 3. The van der Waals surface area contributed by atoms with Crippen molar-refractivity contribution >= 4 is 15.8 Å². The first-order valence-electron chi connectivity index (χ1n) is 11.2. The summed E-state index contributed by atoms with van der Waals surface area (Å²) in [6.07, 6.45) is 3.87. The zero-order valence-corrected chi connectivity index (χ0v) is 19.8. The molecule has 2 aliphatic rings. The number of ether oxygens (including phenoxy) is 1. The van der Waals surface area contributed by atoms with E-state index in [1.165, 1.54) is 24.7 Å². The van der Waals surface area contributed by atoms with E-state index in [9.17, 15) is 17.2 Å². The van der Waals surface area contributed by atoms with E-state index in [1.807, 2.05) is 6.92 Å². The van der Waals surface area contributed by atoms with Crippen molar-refractivity contribution < 1.29 is 26.3 Å². The minimum Gasteiger partial charge on any atom is -0.486 e. The Morgan fingerprint density at radius 3 is 2.71 bits per heavy atom. The molecule has 2 N–H and O–H groups in total. The number of fused-ring (bicyclic) bond motifs is 1. The van der Waals surface area contributed by atoms with Crippen LogP contribution in [0.1, 0.15) is 43.4 Å². The van der Waals surface area contributed by atoms with Crippen molar-refractivity contribution in [2.75, 3.05) is 4.72 Å². The van der Waals surface area contributed by atoms with Gasteiger partial charge in [-0.2, -0.15) is 5.10 Å². The summed E-state index contributed by atoms with van der Waals surface area (Å²) in [5, 5.41) is 6.84. The fourth-order valence-corrected chi connectivity index (χ4v) is 6.77. The Balaban J connectivity index is 1.45. The Morgan fingerprint density at radius 2 is 2.03 bits per heavy atom. The Morgan fingerprint density at radius 1 is 1.23 bits per heavy atom. The van der Waals surface area contributed by atoms with Crippen molar-refractivity contribution in [1.29, 1.82) is 0 Å². The van der Waals surface area contributed by atoms with Crippen LogP contribution in [0.5, 0.6) is 5.75 Å². The van der Waals surface area contributed by atoms with Crippen LogP contribution in [0.25, 0.3) is 0 Å². The molecular formula is C23H24F3N5O3S. The molecule has 2 heterocycles. The predicted octanol–water partition coefficient (Wildman–Crippen LogP) is 4.43. The molecular weight excluding hydrogens is 483 g/mol. The molecule has 0 spiro atoms. The highest BCUT2D eigenvalue weighted by molar-refractivity contribution is 7.92. The highest BCUT2D eigenvalue weighted by Gasteiger charge is 2.66. The van der Waals surface area contributed by atoms with Gasteiger partial charge in [0, 0.05) is 48.8 Å². The van der Waals surface area contributed by atoms with Gasteiger partial charge in [-0.3, -0.25) is 9.82 Å². The number of aryl methyl sites for hydroxylation is 1.